The molecule has 0 radical (unpaired) electrons. The van der Waals surface area contributed by atoms with Crippen LogP contribution in [0.4, 0.5) is 0 Å². The van der Waals surface area contributed by atoms with Crippen molar-refractivity contribution in [2.24, 2.45) is 45.4 Å². The zero-order valence-corrected chi connectivity index (χ0v) is 16.4. The van der Waals surface area contributed by atoms with Crippen LogP contribution >= 0.6 is 0 Å². The summed E-state index contributed by atoms with van der Waals surface area (Å²) in [5.41, 5.74) is 6.83. The Bertz CT molecular complexity index is 567. The second-order valence-corrected chi connectivity index (χ2v) is 9.91. The number of oxime groups is 1. The topological polar surface area (TPSA) is 88.1 Å². The van der Waals surface area contributed by atoms with Crippen molar-refractivity contribution in [2.75, 3.05) is 13.2 Å². The van der Waals surface area contributed by atoms with Gasteiger partial charge in [0, 0.05) is 6.54 Å². The van der Waals surface area contributed by atoms with Gasteiger partial charge in [0.25, 0.3) is 0 Å². The van der Waals surface area contributed by atoms with Gasteiger partial charge in [-0.25, -0.2) is 0 Å². The quantitative estimate of drug-likeness (QED) is 0.531. The summed E-state index contributed by atoms with van der Waals surface area (Å²) in [6.07, 6.45) is 7.81. The number of aliphatic hydroxyl groups is 2. The molecule has 4 aliphatic carbocycles. The van der Waals surface area contributed by atoms with Crippen molar-refractivity contribution in [1.82, 2.24) is 0 Å². The fourth-order valence-electron chi connectivity index (χ4n) is 7.35. The van der Waals surface area contributed by atoms with Gasteiger partial charge in [-0.3, -0.25) is 0 Å². The fourth-order valence-corrected chi connectivity index (χ4v) is 7.35. The molecule has 3 unspecified atom stereocenters. The molecule has 0 aromatic heterocycles. The molecule has 0 aliphatic heterocycles. The molecule has 148 valence electrons. The van der Waals surface area contributed by atoms with Gasteiger partial charge in [-0.15, -0.1) is 0 Å². The smallest absolute Gasteiger partial charge is 0.129 e. The van der Waals surface area contributed by atoms with E-state index in [9.17, 15) is 10.2 Å². The van der Waals surface area contributed by atoms with Gasteiger partial charge >= 0.3 is 0 Å². The molecule has 0 spiro atoms. The maximum atomic E-state index is 11.1. The number of nitrogens with two attached hydrogens (primary N) is 1. The van der Waals surface area contributed by atoms with Crippen molar-refractivity contribution in [2.45, 2.75) is 77.4 Å². The molecule has 5 heteroatoms. The summed E-state index contributed by atoms with van der Waals surface area (Å²) < 4.78 is 0. The minimum atomic E-state index is -0.263. The molecule has 0 bridgehead atoms. The van der Waals surface area contributed by atoms with Crippen LogP contribution in [-0.2, 0) is 4.84 Å². The minimum absolute atomic E-state index is 0.0709. The van der Waals surface area contributed by atoms with Crippen molar-refractivity contribution in [3.8, 4) is 0 Å². The average molecular weight is 365 g/mol. The standard InChI is InChI=1S/C21H36N2O3/c1-20-7-5-13(23-26-10-9-22)11-17(20)18(24)12-14-15-3-4-19(25)21(15,2)8-6-16(14)20/h14-19,24-25H,3-12,22H2,1-2H3/b23-13-/t14?,15?,16?,17-,18+,19+,20-,21+/m1/s1. The number of aliphatic hydroxyl groups excluding tert-OH is 2. The van der Waals surface area contributed by atoms with Crippen LogP contribution in [0.15, 0.2) is 5.16 Å². The Morgan fingerprint density at radius 1 is 1.08 bits per heavy atom. The molecule has 4 fully saturated rings. The summed E-state index contributed by atoms with van der Waals surface area (Å²) in [5.74, 6) is 2.10. The van der Waals surface area contributed by atoms with Gasteiger partial charge in [-0.2, -0.15) is 0 Å². The average Bonchev–Trinajstić information content (AvgIpc) is 2.92. The molecule has 8 atom stereocenters. The van der Waals surface area contributed by atoms with Crippen molar-refractivity contribution < 1.29 is 15.1 Å². The maximum absolute atomic E-state index is 11.1. The van der Waals surface area contributed by atoms with E-state index >= 15 is 0 Å². The molecule has 4 N–H and O–H groups in total. The molecule has 0 heterocycles. The Morgan fingerprint density at radius 3 is 2.62 bits per heavy atom. The van der Waals surface area contributed by atoms with Gasteiger partial charge in [-0.05, 0) is 85.9 Å². The maximum Gasteiger partial charge on any atom is 0.129 e. The van der Waals surface area contributed by atoms with Crippen LogP contribution in [0.25, 0.3) is 0 Å². The molecule has 4 rings (SSSR count). The predicted octanol–water partition coefficient (Wildman–Crippen LogP) is 2.69. The van der Waals surface area contributed by atoms with Crippen LogP contribution in [-0.4, -0.2) is 41.3 Å². The molecular formula is C21H36N2O3. The largest absolute Gasteiger partial charge is 0.395 e. The highest BCUT2D eigenvalue weighted by atomic mass is 16.6. The molecular weight excluding hydrogens is 328 g/mol. The van der Waals surface area contributed by atoms with Crippen LogP contribution in [0.3, 0.4) is 0 Å². The third kappa shape index (κ3) is 2.73. The van der Waals surface area contributed by atoms with Crippen LogP contribution in [0.1, 0.15) is 65.2 Å². The molecule has 26 heavy (non-hydrogen) atoms. The third-order valence-corrected chi connectivity index (χ3v) is 8.87. The van der Waals surface area contributed by atoms with Crippen LogP contribution in [0.2, 0.25) is 0 Å². The van der Waals surface area contributed by atoms with E-state index in [1.807, 2.05) is 0 Å². The van der Waals surface area contributed by atoms with E-state index in [0.29, 0.717) is 30.9 Å². The van der Waals surface area contributed by atoms with Crippen molar-refractivity contribution in [1.29, 1.82) is 0 Å². The molecule has 0 aromatic rings. The summed E-state index contributed by atoms with van der Waals surface area (Å²) >= 11 is 0. The van der Waals surface area contributed by atoms with Crippen molar-refractivity contribution >= 4 is 5.71 Å². The molecule has 4 aliphatic rings. The lowest BCUT2D eigenvalue weighted by atomic mass is 9.44. The molecule has 5 nitrogen and oxygen atoms in total. The lowest BCUT2D eigenvalue weighted by Crippen LogP contribution is -2.58. The highest BCUT2D eigenvalue weighted by Gasteiger charge is 2.61. The number of rotatable bonds is 3. The molecule has 0 amide bonds. The van der Waals surface area contributed by atoms with Gasteiger partial charge in [0.2, 0.25) is 0 Å². The number of hydrogen-bond acceptors (Lipinski definition) is 5. The monoisotopic (exact) mass is 364 g/mol. The number of hydrogen-bond donors (Lipinski definition) is 3. The zero-order valence-electron chi connectivity index (χ0n) is 16.4. The van der Waals surface area contributed by atoms with E-state index < -0.39 is 0 Å². The third-order valence-electron chi connectivity index (χ3n) is 8.87. The Labute approximate surface area is 157 Å². The van der Waals surface area contributed by atoms with Crippen LogP contribution in [0, 0.1) is 34.5 Å². The lowest BCUT2D eigenvalue weighted by Gasteiger charge is -2.61. The first-order valence-corrected chi connectivity index (χ1v) is 10.6. The van der Waals surface area contributed by atoms with Crippen molar-refractivity contribution in [3.63, 3.8) is 0 Å². The lowest BCUT2D eigenvalue weighted by molar-refractivity contribution is -0.153. The fraction of sp³-hybridized carbons (Fsp3) is 0.952. The first-order valence-electron chi connectivity index (χ1n) is 10.6. The van der Waals surface area contributed by atoms with E-state index in [1.54, 1.807) is 0 Å². The van der Waals surface area contributed by atoms with Crippen LogP contribution in [0.5, 0.6) is 0 Å². The first kappa shape index (κ1) is 18.7. The minimum Gasteiger partial charge on any atom is -0.395 e. The van der Waals surface area contributed by atoms with E-state index in [4.69, 9.17) is 10.6 Å². The van der Waals surface area contributed by atoms with Gasteiger partial charge in [0.15, 0.2) is 0 Å². The highest BCUT2D eigenvalue weighted by Crippen LogP contribution is 2.65. The SMILES string of the molecule is C[C@]12CCC3C(C[C@H](O)[C@H]4C/C(=N\OCCN)CC[C@]34C)C1CC[C@@H]2O. The van der Waals surface area contributed by atoms with Crippen molar-refractivity contribution in [3.05, 3.63) is 0 Å². The molecule has 4 saturated carbocycles. The predicted molar refractivity (Wildman–Crippen MR) is 102 cm³/mol. The summed E-state index contributed by atoms with van der Waals surface area (Å²) in [6.45, 7) is 5.66. The Kier molecular flexibility index (Phi) is 4.85. The Morgan fingerprint density at radius 2 is 1.85 bits per heavy atom. The summed E-state index contributed by atoms with van der Waals surface area (Å²) in [4.78, 5) is 5.31. The van der Waals surface area contributed by atoms with E-state index in [-0.39, 0.29) is 29.0 Å². The Balaban J connectivity index is 1.55. The normalized spacial score (nSPS) is 52.3. The first-order chi connectivity index (χ1) is 12.4. The summed E-state index contributed by atoms with van der Waals surface area (Å²) in [7, 11) is 0. The van der Waals surface area contributed by atoms with Gasteiger partial charge in [0.1, 0.15) is 6.61 Å². The van der Waals surface area contributed by atoms with Crippen LogP contribution < -0.4 is 5.73 Å². The van der Waals surface area contributed by atoms with Gasteiger partial charge in [0.05, 0.1) is 17.9 Å². The zero-order chi connectivity index (χ0) is 18.5. The summed E-state index contributed by atoms with van der Waals surface area (Å²) in [5, 5.41) is 26.0. The highest BCUT2D eigenvalue weighted by molar-refractivity contribution is 5.85. The van der Waals surface area contributed by atoms with E-state index in [0.717, 1.165) is 50.7 Å². The van der Waals surface area contributed by atoms with E-state index in [1.165, 1.54) is 6.42 Å². The number of nitrogens with zero attached hydrogens (tertiary/aromatic N) is 1. The van der Waals surface area contributed by atoms with E-state index in [2.05, 4.69) is 19.0 Å². The number of fused-ring (bicyclic) bond motifs is 5. The summed E-state index contributed by atoms with van der Waals surface area (Å²) in [6, 6.07) is 0. The molecule has 0 saturated heterocycles. The second kappa shape index (κ2) is 6.75. The van der Waals surface area contributed by atoms with Gasteiger partial charge in [-0.1, -0.05) is 19.0 Å². The van der Waals surface area contributed by atoms with Gasteiger partial charge < -0.3 is 20.8 Å². The Hall–Kier alpha value is -0.650. The second-order valence-electron chi connectivity index (χ2n) is 9.91. The molecule has 0 aromatic carbocycles.